The van der Waals surface area contributed by atoms with E-state index in [0.717, 1.165) is 24.2 Å². The van der Waals surface area contributed by atoms with Crippen molar-refractivity contribution >= 4 is 23.2 Å². The summed E-state index contributed by atoms with van der Waals surface area (Å²) >= 11 is 12.2. The van der Waals surface area contributed by atoms with Crippen LogP contribution < -0.4 is 5.73 Å². The molecule has 1 heterocycles. The Morgan fingerprint density at radius 1 is 1.11 bits per heavy atom. The van der Waals surface area contributed by atoms with Gasteiger partial charge in [0.25, 0.3) is 0 Å². The molecule has 0 fully saturated rings. The van der Waals surface area contributed by atoms with Crippen LogP contribution in [0.5, 0.6) is 0 Å². The van der Waals surface area contributed by atoms with E-state index >= 15 is 0 Å². The monoisotopic (exact) mass is 283 g/mol. The van der Waals surface area contributed by atoms with Gasteiger partial charge in [-0.3, -0.25) is 0 Å². The van der Waals surface area contributed by atoms with Crippen molar-refractivity contribution in [2.75, 3.05) is 0 Å². The van der Waals surface area contributed by atoms with E-state index in [9.17, 15) is 0 Å². The van der Waals surface area contributed by atoms with Crippen LogP contribution in [0.25, 0.3) is 0 Å². The fraction of sp³-hybridized carbons (Fsp3) is 0.286. The molecule has 1 unspecified atom stereocenters. The van der Waals surface area contributed by atoms with Crippen molar-refractivity contribution in [3.63, 3.8) is 0 Å². The third kappa shape index (κ3) is 3.52. The molecule has 0 radical (unpaired) electrons. The van der Waals surface area contributed by atoms with Gasteiger partial charge in [-0.2, -0.15) is 0 Å². The summed E-state index contributed by atoms with van der Waals surface area (Å²) in [5.41, 5.74) is 7.03. The van der Waals surface area contributed by atoms with E-state index in [-0.39, 0.29) is 6.04 Å². The minimum atomic E-state index is 0.0208. The fourth-order valence-electron chi connectivity index (χ4n) is 1.87. The zero-order chi connectivity index (χ0) is 13.0. The SMILES string of the molecule is NC(CCc1ccco1)Cc1c(Cl)cccc1Cl. The normalized spacial score (nSPS) is 12.6. The quantitative estimate of drug-likeness (QED) is 0.898. The van der Waals surface area contributed by atoms with Crippen LogP contribution in [0, 0.1) is 0 Å². The van der Waals surface area contributed by atoms with Crippen molar-refractivity contribution in [2.24, 2.45) is 5.73 Å². The maximum atomic E-state index is 6.11. The van der Waals surface area contributed by atoms with Crippen LogP contribution in [-0.4, -0.2) is 6.04 Å². The summed E-state index contributed by atoms with van der Waals surface area (Å²) in [7, 11) is 0. The third-order valence-electron chi connectivity index (χ3n) is 2.87. The maximum Gasteiger partial charge on any atom is 0.103 e. The average molecular weight is 284 g/mol. The number of hydrogen-bond acceptors (Lipinski definition) is 2. The molecule has 0 aliphatic carbocycles. The number of furan rings is 1. The molecule has 0 spiro atoms. The van der Waals surface area contributed by atoms with Crippen molar-refractivity contribution in [3.8, 4) is 0 Å². The summed E-state index contributed by atoms with van der Waals surface area (Å²) in [5, 5.41) is 1.35. The van der Waals surface area contributed by atoms with Gasteiger partial charge < -0.3 is 10.2 Å². The second kappa shape index (κ2) is 6.28. The maximum absolute atomic E-state index is 6.11. The first-order valence-corrected chi connectivity index (χ1v) is 6.63. The van der Waals surface area contributed by atoms with Gasteiger partial charge in [0.1, 0.15) is 5.76 Å². The summed E-state index contributed by atoms with van der Waals surface area (Å²) < 4.78 is 5.27. The van der Waals surface area contributed by atoms with Gasteiger partial charge in [-0.1, -0.05) is 29.3 Å². The van der Waals surface area contributed by atoms with Crippen molar-refractivity contribution in [2.45, 2.75) is 25.3 Å². The molecule has 2 rings (SSSR count). The van der Waals surface area contributed by atoms with Crippen LogP contribution in [0.15, 0.2) is 41.0 Å². The summed E-state index contributed by atoms with van der Waals surface area (Å²) in [5.74, 6) is 0.954. The van der Waals surface area contributed by atoms with Crippen LogP contribution in [-0.2, 0) is 12.8 Å². The molecule has 0 saturated heterocycles. The predicted molar refractivity (Wildman–Crippen MR) is 75.2 cm³/mol. The van der Waals surface area contributed by atoms with Gasteiger partial charge in [-0.25, -0.2) is 0 Å². The summed E-state index contributed by atoms with van der Waals surface area (Å²) in [6.07, 6.45) is 4.02. The first kappa shape index (κ1) is 13.5. The first-order chi connectivity index (χ1) is 8.66. The van der Waals surface area contributed by atoms with Gasteiger partial charge in [0.05, 0.1) is 6.26 Å². The van der Waals surface area contributed by atoms with Crippen LogP contribution in [0.2, 0.25) is 10.0 Å². The van der Waals surface area contributed by atoms with E-state index in [4.69, 9.17) is 33.4 Å². The van der Waals surface area contributed by atoms with Crippen molar-refractivity contribution < 1.29 is 4.42 Å². The van der Waals surface area contributed by atoms with Gasteiger partial charge in [0.2, 0.25) is 0 Å². The van der Waals surface area contributed by atoms with Crippen LogP contribution in [0.1, 0.15) is 17.7 Å². The van der Waals surface area contributed by atoms with Crippen molar-refractivity contribution in [1.82, 2.24) is 0 Å². The zero-order valence-corrected chi connectivity index (χ0v) is 11.4. The van der Waals surface area contributed by atoms with Gasteiger partial charge >= 0.3 is 0 Å². The Hall–Kier alpha value is -0.960. The van der Waals surface area contributed by atoms with Gasteiger partial charge in [-0.15, -0.1) is 0 Å². The molecule has 2 aromatic rings. The second-order valence-corrected chi connectivity index (χ2v) is 5.10. The highest BCUT2D eigenvalue weighted by Gasteiger charge is 2.11. The van der Waals surface area contributed by atoms with E-state index in [2.05, 4.69) is 0 Å². The van der Waals surface area contributed by atoms with E-state index in [1.807, 2.05) is 30.3 Å². The lowest BCUT2D eigenvalue weighted by atomic mass is 10.0. The molecular formula is C14H15Cl2NO. The standard InChI is InChI=1S/C14H15Cl2NO/c15-13-4-1-5-14(16)12(13)9-10(17)6-7-11-3-2-8-18-11/h1-5,8,10H,6-7,9,17H2. The molecule has 4 heteroatoms. The van der Waals surface area contributed by atoms with E-state index < -0.39 is 0 Å². The zero-order valence-electron chi connectivity index (χ0n) is 9.90. The third-order valence-corrected chi connectivity index (χ3v) is 3.58. The second-order valence-electron chi connectivity index (χ2n) is 4.28. The van der Waals surface area contributed by atoms with E-state index in [1.54, 1.807) is 6.26 Å². The molecule has 2 N–H and O–H groups in total. The Balaban J connectivity index is 1.92. The van der Waals surface area contributed by atoms with Crippen molar-refractivity contribution in [3.05, 3.63) is 58.0 Å². The molecule has 96 valence electrons. The van der Waals surface area contributed by atoms with Gasteiger partial charge in [0.15, 0.2) is 0 Å². The Kier molecular flexibility index (Phi) is 4.70. The number of rotatable bonds is 5. The highest BCUT2D eigenvalue weighted by molar-refractivity contribution is 6.35. The number of hydrogen-bond donors (Lipinski definition) is 1. The molecule has 1 atom stereocenters. The number of aryl methyl sites for hydroxylation is 1. The lowest BCUT2D eigenvalue weighted by Gasteiger charge is -2.13. The molecule has 2 nitrogen and oxygen atoms in total. The average Bonchev–Trinajstić information content (AvgIpc) is 2.84. The molecule has 0 saturated carbocycles. The molecule has 0 bridgehead atoms. The lowest BCUT2D eigenvalue weighted by molar-refractivity contribution is 0.484. The Morgan fingerprint density at radius 2 is 1.83 bits per heavy atom. The Morgan fingerprint density at radius 3 is 2.44 bits per heavy atom. The number of nitrogens with two attached hydrogens (primary N) is 1. The fourth-order valence-corrected chi connectivity index (χ4v) is 2.43. The number of halogens is 2. The first-order valence-electron chi connectivity index (χ1n) is 5.87. The van der Waals surface area contributed by atoms with Crippen molar-refractivity contribution in [1.29, 1.82) is 0 Å². The van der Waals surface area contributed by atoms with Gasteiger partial charge in [0, 0.05) is 22.5 Å². The van der Waals surface area contributed by atoms with Gasteiger partial charge in [-0.05, 0) is 42.7 Å². The molecule has 1 aromatic carbocycles. The number of benzene rings is 1. The smallest absolute Gasteiger partial charge is 0.103 e. The Bertz CT molecular complexity index is 476. The van der Waals surface area contributed by atoms with E-state index in [1.165, 1.54) is 0 Å². The minimum absolute atomic E-state index is 0.0208. The molecular weight excluding hydrogens is 269 g/mol. The topological polar surface area (TPSA) is 39.2 Å². The lowest BCUT2D eigenvalue weighted by Crippen LogP contribution is -2.23. The Labute approximate surface area is 117 Å². The summed E-state index contributed by atoms with van der Waals surface area (Å²) in [6.45, 7) is 0. The largest absolute Gasteiger partial charge is 0.469 e. The molecule has 18 heavy (non-hydrogen) atoms. The van der Waals surface area contributed by atoms with Crippen LogP contribution >= 0.6 is 23.2 Å². The highest BCUT2D eigenvalue weighted by atomic mass is 35.5. The predicted octanol–water partition coefficient (Wildman–Crippen LogP) is 4.09. The van der Waals surface area contributed by atoms with Crippen LogP contribution in [0.3, 0.4) is 0 Å². The summed E-state index contributed by atoms with van der Waals surface area (Å²) in [6, 6.07) is 9.36. The molecule has 0 aliphatic heterocycles. The molecule has 0 amide bonds. The minimum Gasteiger partial charge on any atom is -0.469 e. The highest BCUT2D eigenvalue weighted by Crippen LogP contribution is 2.25. The molecule has 1 aromatic heterocycles. The van der Waals surface area contributed by atoms with E-state index in [0.29, 0.717) is 16.5 Å². The summed E-state index contributed by atoms with van der Waals surface area (Å²) in [4.78, 5) is 0. The molecule has 0 aliphatic rings. The van der Waals surface area contributed by atoms with Crippen LogP contribution in [0.4, 0.5) is 0 Å².